The summed E-state index contributed by atoms with van der Waals surface area (Å²) >= 11 is 0. The molecule has 5 atom stereocenters. The normalized spacial score (nSPS) is 28.8. The van der Waals surface area contributed by atoms with Crippen molar-refractivity contribution in [2.75, 3.05) is 19.8 Å². The molecule has 1 saturated heterocycles. The summed E-state index contributed by atoms with van der Waals surface area (Å²) in [5, 5.41) is 30.7. The summed E-state index contributed by atoms with van der Waals surface area (Å²) in [5.41, 5.74) is 6.64. The summed E-state index contributed by atoms with van der Waals surface area (Å²) in [5.74, 6) is 0.761. The molecule has 24 heavy (non-hydrogen) atoms. The first-order valence-corrected chi connectivity index (χ1v) is 7.62. The molecule has 0 saturated carbocycles. The molecule has 1 fully saturated rings. The first-order chi connectivity index (χ1) is 11.3. The van der Waals surface area contributed by atoms with Gasteiger partial charge in [0.1, 0.15) is 30.6 Å². The van der Waals surface area contributed by atoms with Gasteiger partial charge in [-0.15, -0.1) is 0 Å². The van der Waals surface area contributed by atoms with E-state index in [1.807, 2.05) is 0 Å². The highest BCUT2D eigenvalue weighted by molar-refractivity contribution is 5.81. The number of imidazole rings is 1. The molecule has 0 radical (unpaired) electrons. The maximum Gasteiger partial charge on any atom is 0.167 e. The Bertz CT molecular complexity index is 735. The van der Waals surface area contributed by atoms with Gasteiger partial charge >= 0.3 is 0 Å². The molecule has 3 rings (SSSR count). The summed E-state index contributed by atoms with van der Waals surface area (Å²) in [7, 11) is 3.43. The van der Waals surface area contributed by atoms with Gasteiger partial charge in [0.2, 0.25) is 0 Å². The van der Waals surface area contributed by atoms with E-state index in [-0.39, 0.29) is 12.2 Å². The summed E-state index contributed by atoms with van der Waals surface area (Å²) in [6.07, 6.45) is -3.26. The molecule has 5 N–H and O–H groups in total. The predicted molar refractivity (Wildman–Crippen MR) is 84.7 cm³/mol. The Balaban J connectivity index is 1.93. The topological polar surface area (TPSA) is 143 Å². The molecule has 10 nitrogen and oxygen atoms in total. The third-order valence-corrected chi connectivity index (χ3v) is 4.31. The average Bonchev–Trinajstić information content (AvgIpc) is 2.99. The highest BCUT2D eigenvalue weighted by Crippen LogP contribution is 2.35. The number of anilines is 1. The van der Waals surface area contributed by atoms with E-state index in [0.29, 0.717) is 17.0 Å². The SMILES string of the molecule is Cc1nc2c(N)ncnc2n1[C@@H]1O[C@H](CC(O)N(C)C)[C@@H](O)[C@H]1O. The monoisotopic (exact) mass is 338 g/mol. The molecule has 0 spiro atoms. The lowest BCUT2D eigenvalue weighted by Crippen LogP contribution is -2.37. The average molecular weight is 338 g/mol. The number of ether oxygens (including phenoxy) is 1. The van der Waals surface area contributed by atoms with Gasteiger partial charge in [-0.05, 0) is 21.0 Å². The van der Waals surface area contributed by atoms with Crippen molar-refractivity contribution >= 4 is 17.0 Å². The molecule has 2 aromatic heterocycles. The molecule has 1 aliphatic heterocycles. The summed E-state index contributed by atoms with van der Waals surface area (Å²) in [6, 6.07) is 0. The zero-order chi connectivity index (χ0) is 17.6. The van der Waals surface area contributed by atoms with Crippen LogP contribution < -0.4 is 5.73 Å². The third kappa shape index (κ3) is 2.72. The van der Waals surface area contributed by atoms with E-state index < -0.39 is 30.8 Å². The van der Waals surface area contributed by atoms with Gasteiger partial charge in [-0.1, -0.05) is 0 Å². The minimum absolute atomic E-state index is 0.157. The van der Waals surface area contributed by atoms with E-state index in [0.717, 1.165) is 0 Å². The number of nitrogen functional groups attached to an aromatic ring is 1. The Morgan fingerprint density at radius 3 is 2.71 bits per heavy atom. The van der Waals surface area contributed by atoms with Gasteiger partial charge in [0.15, 0.2) is 23.2 Å². The van der Waals surface area contributed by atoms with Gasteiger partial charge in [-0.2, -0.15) is 0 Å². The second-order valence-electron chi connectivity index (χ2n) is 6.19. The molecule has 132 valence electrons. The fourth-order valence-corrected chi connectivity index (χ4v) is 2.90. The summed E-state index contributed by atoms with van der Waals surface area (Å²) in [4.78, 5) is 14.0. The summed E-state index contributed by atoms with van der Waals surface area (Å²) < 4.78 is 7.40. The standard InChI is InChI=1S/C14H22N6O4/c1-6-18-9-12(15)16-5-17-13(9)20(6)14-11(23)10(22)7(24-14)4-8(21)19(2)3/h5,7-8,10-11,14,21-23H,4H2,1-3H3,(H2,15,16,17)/t7-,8?,10-,11-,14-/m1/s1. The second-order valence-corrected chi connectivity index (χ2v) is 6.19. The first-order valence-electron chi connectivity index (χ1n) is 7.62. The van der Waals surface area contributed by atoms with E-state index in [2.05, 4.69) is 15.0 Å². The van der Waals surface area contributed by atoms with Crippen LogP contribution in [0.15, 0.2) is 6.33 Å². The van der Waals surface area contributed by atoms with Gasteiger partial charge in [0, 0.05) is 6.42 Å². The van der Waals surface area contributed by atoms with Crippen LogP contribution in [0.1, 0.15) is 18.5 Å². The third-order valence-electron chi connectivity index (χ3n) is 4.31. The lowest BCUT2D eigenvalue weighted by Gasteiger charge is -2.23. The van der Waals surface area contributed by atoms with Crippen LogP contribution in [0.3, 0.4) is 0 Å². The first kappa shape index (κ1) is 17.0. The van der Waals surface area contributed by atoms with Crippen molar-refractivity contribution in [2.24, 2.45) is 0 Å². The molecule has 0 aliphatic carbocycles. The summed E-state index contributed by atoms with van der Waals surface area (Å²) in [6.45, 7) is 1.73. The Hall–Kier alpha value is -1.85. The van der Waals surface area contributed by atoms with Crippen LogP contribution in [0.5, 0.6) is 0 Å². The molecule has 3 heterocycles. The van der Waals surface area contributed by atoms with Gasteiger partial charge in [0.25, 0.3) is 0 Å². The molecule has 0 aromatic carbocycles. The van der Waals surface area contributed by atoms with Crippen molar-refractivity contribution in [3.63, 3.8) is 0 Å². The van der Waals surface area contributed by atoms with Crippen LogP contribution in [0.4, 0.5) is 5.82 Å². The van der Waals surface area contributed by atoms with E-state index in [9.17, 15) is 15.3 Å². The number of hydrogen-bond donors (Lipinski definition) is 4. The molecule has 2 aromatic rings. The van der Waals surface area contributed by atoms with Gasteiger partial charge in [-0.25, -0.2) is 15.0 Å². The van der Waals surface area contributed by atoms with Crippen LogP contribution in [0, 0.1) is 6.92 Å². The molecule has 0 amide bonds. The fraction of sp³-hybridized carbons (Fsp3) is 0.643. The fourth-order valence-electron chi connectivity index (χ4n) is 2.90. The molecule has 10 heteroatoms. The van der Waals surface area contributed by atoms with E-state index >= 15 is 0 Å². The number of aromatic nitrogens is 4. The second kappa shape index (κ2) is 6.22. The maximum atomic E-state index is 10.4. The van der Waals surface area contributed by atoms with Crippen molar-refractivity contribution in [1.82, 2.24) is 24.4 Å². The number of aliphatic hydroxyl groups excluding tert-OH is 3. The van der Waals surface area contributed by atoms with E-state index in [1.54, 1.807) is 30.5 Å². The van der Waals surface area contributed by atoms with Gasteiger partial charge < -0.3 is 25.8 Å². The maximum absolute atomic E-state index is 10.4. The molecule has 1 aliphatic rings. The Kier molecular flexibility index (Phi) is 4.40. The number of nitrogens with zero attached hydrogens (tertiary/aromatic N) is 5. The highest BCUT2D eigenvalue weighted by atomic mass is 16.6. The van der Waals surface area contributed by atoms with Crippen LogP contribution >= 0.6 is 0 Å². The number of aliphatic hydroxyl groups is 3. The minimum atomic E-state index is -1.18. The lowest BCUT2D eigenvalue weighted by molar-refractivity contribution is -0.0697. The lowest BCUT2D eigenvalue weighted by atomic mass is 10.1. The van der Waals surface area contributed by atoms with Crippen molar-refractivity contribution in [3.8, 4) is 0 Å². The molecule has 1 unspecified atom stereocenters. The number of hydrogen-bond acceptors (Lipinski definition) is 9. The number of aryl methyl sites for hydroxylation is 1. The van der Waals surface area contributed by atoms with Gasteiger partial charge in [-0.3, -0.25) is 9.47 Å². The van der Waals surface area contributed by atoms with Crippen LogP contribution in [-0.2, 0) is 4.74 Å². The van der Waals surface area contributed by atoms with Crippen LogP contribution in [0.2, 0.25) is 0 Å². The predicted octanol–water partition coefficient (Wildman–Crippen LogP) is -1.39. The Morgan fingerprint density at radius 2 is 2.04 bits per heavy atom. The van der Waals surface area contributed by atoms with Gasteiger partial charge in [0.05, 0.1) is 6.10 Å². The van der Waals surface area contributed by atoms with Crippen molar-refractivity contribution in [2.45, 2.75) is 44.1 Å². The van der Waals surface area contributed by atoms with Crippen molar-refractivity contribution in [1.29, 1.82) is 0 Å². The highest BCUT2D eigenvalue weighted by Gasteiger charge is 2.45. The molecular formula is C14H22N6O4. The molecular weight excluding hydrogens is 316 g/mol. The number of nitrogens with two attached hydrogens (primary N) is 1. The van der Waals surface area contributed by atoms with E-state index in [4.69, 9.17) is 10.5 Å². The van der Waals surface area contributed by atoms with Crippen molar-refractivity contribution in [3.05, 3.63) is 12.2 Å². The van der Waals surface area contributed by atoms with Crippen LogP contribution in [-0.4, -0.2) is 78.4 Å². The van der Waals surface area contributed by atoms with Crippen LogP contribution in [0.25, 0.3) is 11.2 Å². The van der Waals surface area contributed by atoms with Crippen molar-refractivity contribution < 1.29 is 20.1 Å². The zero-order valence-corrected chi connectivity index (χ0v) is 13.7. The van der Waals surface area contributed by atoms with E-state index in [1.165, 1.54) is 6.33 Å². The quantitative estimate of drug-likeness (QED) is 0.495. The minimum Gasteiger partial charge on any atom is -0.388 e. The zero-order valence-electron chi connectivity index (χ0n) is 13.7. The Morgan fingerprint density at radius 1 is 1.33 bits per heavy atom. The number of fused-ring (bicyclic) bond motifs is 1. The molecule has 0 bridgehead atoms. The smallest absolute Gasteiger partial charge is 0.167 e. The Labute approximate surface area is 138 Å². The largest absolute Gasteiger partial charge is 0.388 e. The number of rotatable bonds is 4.